The van der Waals surface area contributed by atoms with Crippen LogP contribution in [0.4, 0.5) is 5.69 Å². The van der Waals surface area contributed by atoms with Gasteiger partial charge in [-0.25, -0.2) is 8.42 Å². The molecule has 1 aliphatic heterocycles. The molecule has 3 rings (SSSR count). The third-order valence-electron chi connectivity index (χ3n) is 3.71. The standard InChI is InChI=1S/C17H14N2O3S.C2H6.CH3.Y/c1-3-10-19-15-8-9-18-11-14(15)16(20)17(23(19,21)22)13-7-5-4-6-12(13)2;1-2;;/h1,4-9,11,20H,10H2,2H3;1-2H3;1H3;/q;;-1;. The van der Waals surface area contributed by atoms with E-state index in [1.165, 1.54) is 18.5 Å². The molecule has 1 N–H and O–H groups in total. The molecular formula is C20H23N2O3SY-. The van der Waals surface area contributed by atoms with E-state index in [-0.39, 0.29) is 57.3 Å². The fourth-order valence-electron chi connectivity index (χ4n) is 2.62. The van der Waals surface area contributed by atoms with Gasteiger partial charge in [-0.2, -0.15) is 0 Å². The number of sulfonamides is 1. The van der Waals surface area contributed by atoms with E-state index in [0.29, 0.717) is 16.8 Å². The van der Waals surface area contributed by atoms with E-state index in [1.54, 1.807) is 31.2 Å². The first-order valence-corrected chi connectivity index (χ1v) is 9.32. The monoisotopic (exact) mass is 460 g/mol. The predicted molar refractivity (Wildman–Crippen MR) is 108 cm³/mol. The van der Waals surface area contributed by atoms with Gasteiger partial charge in [0, 0.05) is 50.7 Å². The number of benzene rings is 1. The van der Waals surface area contributed by atoms with Crippen molar-refractivity contribution in [3.63, 3.8) is 0 Å². The van der Waals surface area contributed by atoms with E-state index < -0.39 is 10.0 Å². The van der Waals surface area contributed by atoms with Gasteiger partial charge in [0.15, 0.2) is 0 Å². The Morgan fingerprint density at radius 2 is 1.81 bits per heavy atom. The quantitative estimate of drug-likeness (QED) is 0.543. The van der Waals surface area contributed by atoms with Gasteiger partial charge in [-0.3, -0.25) is 9.29 Å². The molecule has 0 saturated heterocycles. The number of pyridine rings is 1. The SMILES string of the molecule is C#CCN1c2ccncc2C(O)=C(c2ccccc2C)S1(=O)=O.CC.[CH3-].[Y]. The third-order valence-corrected chi connectivity index (χ3v) is 5.54. The van der Waals surface area contributed by atoms with E-state index in [0.717, 1.165) is 9.87 Å². The van der Waals surface area contributed by atoms with Gasteiger partial charge in [0.25, 0.3) is 10.0 Å². The number of anilines is 1. The van der Waals surface area contributed by atoms with Crippen molar-refractivity contribution in [1.29, 1.82) is 0 Å². The Morgan fingerprint density at radius 3 is 2.41 bits per heavy atom. The average molecular weight is 460 g/mol. The van der Waals surface area contributed by atoms with E-state index in [9.17, 15) is 13.5 Å². The molecule has 5 nitrogen and oxygen atoms in total. The number of nitrogens with zero attached hydrogens (tertiary/aromatic N) is 2. The minimum atomic E-state index is -3.97. The summed E-state index contributed by atoms with van der Waals surface area (Å²) in [7, 11) is -3.97. The molecule has 27 heavy (non-hydrogen) atoms. The van der Waals surface area contributed by atoms with Gasteiger partial charge in [0.2, 0.25) is 0 Å². The summed E-state index contributed by atoms with van der Waals surface area (Å²) in [6, 6.07) is 8.50. The molecule has 1 aliphatic rings. The number of aryl methyl sites for hydroxylation is 1. The van der Waals surface area contributed by atoms with Gasteiger partial charge in [-0.15, -0.1) is 6.42 Å². The average Bonchev–Trinajstić information content (AvgIpc) is 2.62. The second-order valence-corrected chi connectivity index (χ2v) is 6.90. The summed E-state index contributed by atoms with van der Waals surface area (Å²) < 4.78 is 27.2. The Bertz CT molecular complexity index is 963. The third kappa shape index (κ3) is 4.60. The van der Waals surface area contributed by atoms with Gasteiger partial charge in [0.05, 0.1) is 17.8 Å². The number of hydrogen-bond donors (Lipinski definition) is 1. The van der Waals surface area contributed by atoms with Gasteiger partial charge in [0.1, 0.15) is 10.7 Å². The number of terminal acetylenes is 1. The Kier molecular flexibility index (Phi) is 9.95. The van der Waals surface area contributed by atoms with E-state index in [4.69, 9.17) is 6.42 Å². The van der Waals surface area contributed by atoms with Crippen molar-refractivity contribution >= 4 is 26.4 Å². The number of rotatable bonds is 2. The zero-order valence-electron chi connectivity index (χ0n) is 16.0. The van der Waals surface area contributed by atoms with Crippen molar-refractivity contribution in [1.82, 2.24) is 4.98 Å². The molecule has 0 atom stereocenters. The fraction of sp³-hybridized carbons (Fsp3) is 0.200. The molecule has 0 unspecified atom stereocenters. The van der Waals surface area contributed by atoms with E-state index in [1.807, 2.05) is 13.8 Å². The van der Waals surface area contributed by atoms with Crippen molar-refractivity contribution in [2.45, 2.75) is 20.8 Å². The molecule has 2 heterocycles. The summed E-state index contributed by atoms with van der Waals surface area (Å²) in [4.78, 5) is 3.83. The van der Waals surface area contributed by atoms with Gasteiger partial charge < -0.3 is 12.5 Å². The van der Waals surface area contributed by atoms with Crippen molar-refractivity contribution in [2.24, 2.45) is 0 Å². The molecule has 0 fully saturated rings. The minimum Gasteiger partial charge on any atom is -0.506 e. The molecule has 1 aromatic heterocycles. The molecule has 7 heteroatoms. The summed E-state index contributed by atoms with van der Waals surface area (Å²) in [6.45, 7) is 5.66. The van der Waals surface area contributed by atoms with E-state index >= 15 is 0 Å². The first-order chi connectivity index (χ1) is 12.0. The molecule has 0 saturated carbocycles. The summed E-state index contributed by atoms with van der Waals surface area (Å²) in [6.07, 6.45) is 8.23. The number of aromatic nitrogens is 1. The van der Waals surface area contributed by atoms with E-state index in [2.05, 4.69) is 10.9 Å². The van der Waals surface area contributed by atoms with Gasteiger partial charge in [-0.1, -0.05) is 44.0 Å². The minimum absolute atomic E-state index is 0. The Hall–Kier alpha value is -1.68. The summed E-state index contributed by atoms with van der Waals surface area (Å²) in [5.41, 5.74) is 1.86. The molecular weight excluding hydrogens is 437 g/mol. The number of hydrogen-bond acceptors (Lipinski definition) is 4. The van der Waals surface area contributed by atoms with Crippen LogP contribution in [0.2, 0.25) is 0 Å². The normalized spacial score (nSPS) is 13.8. The van der Waals surface area contributed by atoms with Crippen LogP contribution in [0.5, 0.6) is 0 Å². The van der Waals surface area contributed by atoms with Crippen molar-refractivity contribution in [3.8, 4) is 12.3 Å². The zero-order valence-corrected chi connectivity index (χ0v) is 19.6. The van der Waals surface area contributed by atoms with Crippen LogP contribution in [0.1, 0.15) is 30.5 Å². The molecule has 0 spiro atoms. The van der Waals surface area contributed by atoms with Crippen LogP contribution in [-0.2, 0) is 42.7 Å². The van der Waals surface area contributed by atoms with Gasteiger partial charge in [-0.05, 0) is 18.6 Å². The number of aliphatic hydroxyl groups excluding tert-OH is 1. The first kappa shape index (κ1) is 25.3. The predicted octanol–water partition coefficient (Wildman–Crippen LogP) is 4.03. The fourth-order valence-corrected chi connectivity index (χ4v) is 4.36. The molecule has 0 bridgehead atoms. The second-order valence-electron chi connectivity index (χ2n) is 5.10. The Morgan fingerprint density at radius 1 is 1.19 bits per heavy atom. The Balaban J connectivity index is 0.00000164. The molecule has 0 amide bonds. The van der Waals surface area contributed by atoms with Crippen LogP contribution in [0.25, 0.3) is 10.7 Å². The van der Waals surface area contributed by atoms with Gasteiger partial charge >= 0.3 is 0 Å². The summed E-state index contributed by atoms with van der Waals surface area (Å²) >= 11 is 0. The summed E-state index contributed by atoms with van der Waals surface area (Å²) in [5.74, 6) is 2.05. The van der Waals surface area contributed by atoms with Crippen molar-refractivity contribution < 1.29 is 46.2 Å². The van der Waals surface area contributed by atoms with Crippen LogP contribution in [0, 0.1) is 26.7 Å². The maximum absolute atomic E-state index is 13.0. The topological polar surface area (TPSA) is 70.5 Å². The maximum Gasteiger partial charge on any atom is 0.269 e. The van der Waals surface area contributed by atoms with Crippen LogP contribution in [0.3, 0.4) is 0 Å². The number of aliphatic hydroxyl groups is 1. The van der Waals surface area contributed by atoms with Crippen LogP contribution in [-0.4, -0.2) is 25.1 Å². The van der Waals surface area contributed by atoms with Crippen LogP contribution >= 0.6 is 0 Å². The second kappa shape index (κ2) is 10.6. The first-order valence-electron chi connectivity index (χ1n) is 7.88. The molecule has 1 aromatic carbocycles. The molecule has 2 aromatic rings. The van der Waals surface area contributed by atoms with Crippen molar-refractivity contribution in [2.75, 3.05) is 10.8 Å². The molecule has 0 aliphatic carbocycles. The van der Waals surface area contributed by atoms with Crippen LogP contribution in [0.15, 0.2) is 42.7 Å². The molecule has 1 radical (unpaired) electrons. The largest absolute Gasteiger partial charge is 0.506 e. The smallest absolute Gasteiger partial charge is 0.269 e. The Labute approximate surface area is 187 Å². The molecule has 141 valence electrons. The van der Waals surface area contributed by atoms with Crippen molar-refractivity contribution in [3.05, 3.63) is 66.8 Å². The van der Waals surface area contributed by atoms with Crippen LogP contribution < -0.4 is 4.31 Å². The zero-order chi connectivity index (χ0) is 18.6. The maximum atomic E-state index is 13.0. The summed E-state index contributed by atoms with van der Waals surface area (Å²) in [5, 5.41) is 10.6. The number of fused-ring (bicyclic) bond motifs is 1.